The fourth-order valence-electron chi connectivity index (χ4n) is 6.19. The van der Waals surface area contributed by atoms with Crippen molar-refractivity contribution in [2.24, 2.45) is 11.3 Å². The second-order valence-electron chi connectivity index (χ2n) is 12.4. The number of benzene rings is 3. The highest BCUT2D eigenvalue weighted by Crippen LogP contribution is 2.38. The fraction of sp³-hybridized carbons (Fsp3) is 0.324. The molecule has 0 saturated carbocycles. The predicted octanol–water partition coefficient (Wildman–Crippen LogP) is 5.48. The van der Waals surface area contributed by atoms with E-state index in [0.717, 1.165) is 16.7 Å². The molecule has 2 aliphatic rings. The lowest BCUT2D eigenvalue weighted by Gasteiger charge is -2.39. The smallest absolute Gasteiger partial charge is 0.268 e. The van der Waals surface area contributed by atoms with Crippen LogP contribution in [0.15, 0.2) is 84.9 Å². The standard InChI is InChI=1S/C34H36N4O4/c1-21-28-20-38(33(41)30(34(2,3)4)36-31(39)27-18-23-10-8-9-13-26(23)35-27)29(21)19-37(28)32(40)22-14-16-25(17-15-22)42-24-11-6-5-7-12-24/h5-18,21,28-30,35H,19-20H2,1-4H3,(H,36,39)/t21-,28-,29-,30-/m1/s1. The summed E-state index contributed by atoms with van der Waals surface area (Å²) in [7, 11) is 0. The van der Waals surface area contributed by atoms with Crippen LogP contribution in [0.3, 0.4) is 0 Å². The molecule has 6 rings (SSSR count). The number of hydrogen-bond donors (Lipinski definition) is 2. The van der Waals surface area contributed by atoms with Gasteiger partial charge in [-0.1, -0.05) is 64.1 Å². The Morgan fingerprint density at radius 3 is 2.12 bits per heavy atom. The molecule has 3 aromatic carbocycles. The number of aromatic amines is 1. The fourth-order valence-corrected chi connectivity index (χ4v) is 6.19. The number of ether oxygens (including phenoxy) is 1. The summed E-state index contributed by atoms with van der Waals surface area (Å²) in [4.78, 5) is 47.7. The molecular weight excluding hydrogens is 528 g/mol. The minimum absolute atomic E-state index is 0.0489. The number of aromatic nitrogens is 1. The van der Waals surface area contributed by atoms with Crippen molar-refractivity contribution in [2.75, 3.05) is 13.1 Å². The van der Waals surface area contributed by atoms with Crippen LogP contribution in [0.1, 0.15) is 48.5 Å². The maximum atomic E-state index is 14.0. The molecule has 4 aromatic rings. The number of likely N-dealkylation sites (tertiary alicyclic amines) is 2. The number of hydrogen-bond acceptors (Lipinski definition) is 4. The largest absolute Gasteiger partial charge is 0.457 e. The van der Waals surface area contributed by atoms with E-state index in [0.29, 0.717) is 30.1 Å². The van der Waals surface area contributed by atoms with Crippen molar-refractivity contribution in [1.29, 1.82) is 0 Å². The molecule has 42 heavy (non-hydrogen) atoms. The molecule has 3 heterocycles. The van der Waals surface area contributed by atoms with Crippen molar-refractivity contribution in [3.8, 4) is 11.5 Å². The van der Waals surface area contributed by atoms with Gasteiger partial charge in [0.2, 0.25) is 5.91 Å². The zero-order valence-corrected chi connectivity index (χ0v) is 24.3. The highest BCUT2D eigenvalue weighted by atomic mass is 16.5. The summed E-state index contributed by atoms with van der Waals surface area (Å²) in [5.74, 6) is 1.05. The van der Waals surface area contributed by atoms with Crippen LogP contribution in [0.5, 0.6) is 11.5 Å². The molecular formula is C34H36N4O4. The lowest BCUT2D eigenvalue weighted by Crippen LogP contribution is -2.59. The van der Waals surface area contributed by atoms with Crippen molar-refractivity contribution < 1.29 is 19.1 Å². The molecule has 0 radical (unpaired) electrons. The first-order valence-corrected chi connectivity index (χ1v) is 14.4. The molecule has 0 aliphatic carbocycles. The Morgan fingerprint density at radius 1 is 0.857 bits per heavy atom. The molecule has 216 valence electrons. The van der Waals surface area contributed by atoms with Crippen LogP contribution in [0, 0.1) is 11.3 Å². The summed E-state index contributed by atoms with van der Waals surface area (Å²) >= 11 is 0. The number of nitrogens with one attached hydrogen (secondary N) is 2. The van der Waals surface area contributed by atoms with Gasteiger partial charge in [-0.15, -0.1) is 0 Å². The molecule has 1 aromatic heterocycles. The molecule has 2 saturated heterocycles. The second kappa shape index (κ2) is 10.7. The number of piperazine rings is 1. The Hall–Kier alpha value is -4.59. The van der Waals surface area contributed by atoms with Crippen LogP contribution in [-0.2, 0) is 4.79 Å². The van der Waals surface area contributed by atoms with Crippen molar-refractivity contribution in [3.63, 3.8) is 0 Å². The van der Waals surface area contributed by atoms with Gasteiger partial charge in [-0.3, -0.25) is 14.4 Å². The SMILES string of the molecule is C[C@@H]1[C@H]2CN(C(=O)[C@@H](NC(=O)c3cc4ccccc4[nH]3)C(C)(C)C)[C@@H]1CN2C(=O)c1ccc(Oc2ccccc2)cc1. The van der Waals surface area contributed by atoms with Crippen LogP contribution in [0.4, 0.5) is 0 Å². The molecule has 2 fully saturated rings. The lowest BCUT2D eigenvalue weighted by molar-refractivity contribution is -0.138. The van der Waals surface area contributed by atoms with Crippen LogP contribution in [-0.4, -0.2) is 63.7 Å². The van der Waals surface area contributed by atoms with Gasteiger partial charge in [-0.2, -0.15) is 0 Å². The van der Waals surface area contributed by atoms with E-state index in [4.69, 9.17) is 4.74 Å². The molecule has 8 heteroatoms. The molecule has 0 spiro atoms. The third kappa shape index (κ3) is 5.13. The molecule has 2 bridgehead atoms. The van der Waals surface area contributed by atoms with Crippen LogP contribution in [0.2, 0.25) is 0 Å². The third-order valence-electron chi connectivity index (χ3n) is 8.57. The van der Waals surface area contributed by atoms with E-state index in [9.17, 15) is 14.4 Å². The first-order valence-electron chi connectivity index (χ1n) is 14.4. The monoisotopic (exact) mass is 564 g/mol. The summed E-state index contributed by atoms with van der Waals surface area (Å²) in [6.07, 6.45) is 0. The lowest BCUT2D eigenvalue weighted by atomic mass is 9.85. The van der Waals surface area contributed by atoms with E-state index in [1.54, 1.807) is 30.3 Å². The molecule has 4 atom stereocenters. The highest BCUT2D eigenvalue weighted by molar-refractivity contribution is 6.00. The van der Waals surface area contributed by atoms with E-state index in [1.165, 1.54) is 0 Å². The quantitative estimate of drug-likeness (QED) is 0.325. The van der Waals surface area contributed by atoms with Crippen molar-refractivity contribution >= 4 is 28.6 Å². The first-order chi connectivity index (χ1) is 20.1. The average molecular weight is 565 g/mol. The first kappa shape index (κ1) is 27.6. The normalized spacial score (nSPS) is 20.5. The number of nitrogens with zero attached hydrogens (tertiary/aromatic N) is 2. The number of H-pyrrole nitrogens is 1. The highest BCUT2D eigenvalue weighted by Gasteiger charge is 2.54. The number of para-hydroxylation sites is 2. The number of carbonyl (C=O) groups excluding carboxylic acids is 3. The van der Waals surface area contributed by atoms with Crippen molar-refractivity contribution in [3.05, 3.63) is 96.2 Å². The molecule has 8 nitrogen and oxygen atoms in total. The van der Waals surface area contributed by atoms with E-state index in [1.807, 2.05) is 85.2 Å². The predicted molar refractivity (Wildman–Crippen MR) is 161 cm³/mol. The average Bonchev–Trinajstić information content (AvgIpc) is 3.66. The van der Waals surface area contributed by atoms with Gasteiger partial charge in [-0.25, -0.2) is 0 Å². The summed E-state index contributed by atoms with van der Waals surface area (Å²) in [5.41, 5.74) is 1.37. The van der Waals surface area contributed by atoms with Gasteiger partial charge in [0.25, 0.3) is 11.8 Å². The van der Waals surface area contributed by atoms with Gasteiger partial charge in [0, 0.05) is 35.5 Å². The topological polar surface area (TPSA) is 94.7 Å². The van der Waals surface area contributed by atoms with E-state index in [-0.39, 0.29) is 35.7 Å². The Labute approximate surface area is 245 Å². The Bertz CT molecular complexity index is 1590. The Morgan fingerprint density at radius 2 is 1.48 bits per heavy atom. The maximum absolute atomic E-state index is 14.0. The van der Waals surface area contributed by atoms with Crippen molar-refractivity contribution in [2.45, 2.75) is 45.8 Å². The van der Waals surface area contributed by atoms with Gasteiger partial charge >= 0.3 is 0 Å². The van der Waals surface area contributed by atoms with E-state index >= 15 is 0 Å². The maximum Gasteiger partial charge on any atom is 0.268 e. The van der Waals surface area contributed by atoms with Crippen molar-refractivity contribution in [1.82, 2.24) is 20.1 Å². The van der Waals surface area contributed by atoms with Gasteiger partial charge in [0.1, 0.15) is 23.2 Å². The number of rotatable bonds is 6. The van der Waals surface area contributed by atoms with E-state index < -0.39 is 11.5 Å². The molecule has 2 N–H and O–H groups in total. The summed E-state index contributed by atoms with van der Waals surface area (Å²) in [5, 5.41) is 3.95. The molecule has 2 aliphatic heterocycles. The minimum Gasteiger partial charge on any atom is -0.457 e. The second-order valence-corrected chi connectivity index (χ2v) is 12.4. The summed E-state index contributed by atoms with van der Waals surface area (Å²) in [6, 6.07) is 25.3. The van der Waals surface area contributed by atoms with Gasteiger partial charge in [-0.05, 0) is 53.9 Å². The summed E-state index contributed by atoms with van der Waals surface area (Å²) in [6.45, 7) is 8.88. The number of carbonyl (C=O) groups is 3. The molecule has 3 amide bonds. The zero-order valence-electron chi connectivity index (χ0n) is 24.3. The third-order valence-corrected chi connectivity index (χ3v) is 8.57. The summed E-state index contributed by atoms with van der Waals surface area (Å²) < 4.78 is 5.87. The number of amides is 3. The van der Waals surface area contributed by atoms with Crippen LogP contribution in [0.25, 0.3) is 10.9 Å². The van der Waals surface area contributed by atoms with Crippen LogP contribution < -0.4 is 10.1 Å². The minimum atomic E-state index is -0.718. The van der Waals surface area contributed by atoms with Gasteiger partial charge in [0.15, 0.2) is 0 Å². The Balaban J connectivity index is 1.13. The Kier molecular flexibility index (Phi) is 7.01. The van der Waals surface area contributed by atoms with Gasteiger partial charge in [0.05, 0.1) is 12.1 Å². The van der Waals surface area contributed by atoms with Crippen LogP contribution >= 0.6 is 0 Å². The van der Waals surface area contributed by atoms with E-state index in [2.05, 4.69) is 17.2 Å². The van der Waals surface area contributed by atoms with Gasteiger partial charge < -0.3 is 24.8 Å². The number of fused-ring (bicyclic) bond motifs is 3. The molecule has 0 unspecified atom stereocenters. The zero-order chi connectivity index (χ0) is 29.6.